The Balaban J connectivity index is 1.35. The second kappa shape index (κ2) is 9.59. The highest BCUT2D eigenvalue weighted by Crippen LogP contribution is 2.31. The molecule has 4 rings (SSSR count). The van der Waals surface area contributed by atoms with Crippen LogP contribution in [0.2, 0.25) is 0 Å². The number of rotatable bonds is 6. The summed E-state index contributed by atoms with van der Waals surface area (Å²) in [6.07, 6.45) is 2.53. The topological polar surface area (TPSA) is 73.5 Å². The van der Waals surface area contributed by atoms with Crippen molar-refractivity contribution in [2.24, 2.45) is 11.8 Å². The van der Waals surface area contributed by atoms with Crippen molar-refractivity contribution in [3.8, 4) is 0 Å². The van der Waals surface area contributed by atoms with Crippen LogP contribution in [-0.2, 0) is 16.1 Å². The Bertz CT molecular complexity index is 961. The van der Waals surface area contributed by atoms with Gasteiger partial charge in [0.25, 0.3) is 0 Å². The minimum absolute atomic E-state index is 0.0818. The molecule has 2 fully saturated rings. The number of hydrogen-bond donors (Lipinski definition) is 3. The monoisotopic (exact) mass is 438 g/mol. The fourth-order valence-electron chi connectivity index (χ4n) is 4.31. The number of carbonyl (C=O) groups excluding carboxylic acids is 2. The first kappa shape index (κ1) is 22.1. The van der Waals surface area contributed by atoms with Crippen molar-refractivity contribution in [1.82, 2.24) is 10.6 Å². The van der Waals surface area contributed by atoms with E-state index in [0.717, 1.165) is 54.4 Å². The standard InChI is InChI=1S/C25H31FN4O2/c1-16-7-9-30(10-8-16)21-11-17(2)24(22(26)13-21)29-20-5-3-18(4-6-20)14-28-25(32)19-12-23(31)27-15-19/h3-6,11,13,16,19,29H,7-10,12,14-15H2,1-2H3,(H,27,31)(H,28,32). The number of hydrogen-bond acceptors (Lipinski definition) is 4. The molecule has 170 valence electrons. The minimum Gasteiger partial charge on any atom is -0.371 e. The smallest absolute Gasteiger partial charge is 0.225 e. The number of benzene rings is 2. The lowest BCUT2D eigenvalue weighted by molar-refractivity contribution is -0.126. The Labute approximate surface area is 188 Å². The SMILES string of the molecule is Cc1cc(N2CCC(C)CC2)cc(F)c1Nc1ccc(CNC(=O)C2CNC(=O)C2)cc1. The maximum absolute atomic E-state index is 14.9. The van der Waals surface area contributed by atoms with Crippen molar-refractivity contribution in [2.45, 2.75) is 39.7 Å². The van der Waals surface area contributed by atoms with Crippen LogP contribution >= 0.6 is 0 Å². The van der Waals surface area contributed by atoms with Crippen molar-refractivity contribution >= 4 is 28.9 Å². The summed E-state index contributed by atoms with van der Waals surface area (Å²) in [5.74, 6) is -0.0214. The normalized spacial score (nSPS) is 19.0. The summed E-state index contributed by atoms with van der Waals surface area (Å²) in [6, 6.07) is 11.2. The summed E-state index contributed by atoms with van der Waals surface area (Å²) in [7, 11) is 0. The van der Waals surface area contributed by atoms with Crippen LogP contribution in [0, 0.1) is 24.6 Å². The number of carbonyl (C=O) groups is 2. The molecule has 6 nitrogen and oxygen atoms in total. The van der Waals surface area contributed by atoms with Gasteiger partial charge in [0, 0.05) is 44.0 Å². The van der Waals surface area contributed by atoms with E-state index in [0.29, 0.717) is 18.8 Å². The second-order valence-electron chi connectivity index (χ2n) is 9.03. The summed E-state index contributed by atoms with van der Waals surface area (Å²) in [5.41, 5.74) is 4.02. The van der Waals surface area contributed by atoms with Crippen molar-refractivity contribution in [1.29, 1.82) is 0 Å². The number of nitrogens with one attached hydrogen (secondary N) is 3. The lowest BCUT2D eigenvalue weighted by atomic mass is 9.98. The molecule has 0 spiro atoms. The highest BCUT2D eigenvalue weighted by atomic mass is 19.1. The van der Waals surface area contributed by atoms with E-state index in [1.54, 1.807) is 6.07 Å². The number of halogens is 1. The van der Waals surface area contributed by atoms with Gasteiger partial charge in [0.2, 0.25) is 11.8 Å². The highest BCUT2D eigenvalue weighted by molar-refractivity contribution is 5.89. The van der Waals surface area contributed by atoms with Crippen LogP contribution in [0.15, 0.2) is 36.4 Å². The van der Waals surface area contributed by atoms with E-state index in [9.17, 15) is 14.0 Å². The molecule has 2 amide bonds. The number of anilines is 3. The van der Waals surface area contributed by atoms with Gasteiger partial charge in [-0.3, -0.25) is 9.59 Å². The maximum Gasteiger partial charge on any atom is 0.225 e. The Hall–Kier alpha value is -3.09. The predicted octanol–water partition coefficient (Wildman–Crippen LogP) is 3.87. The van der Waals surface area contributed by atoms with Crippen LogP contribution in [0.25, 0.3) is 0 Å². The zero-order valence-corrected chi connectivity index (χ0v) is 18.7. The molecule has 1 unspecified atom stereocenters. The summed E-state index contributed by atoms with van der Waals surface area (Å²) < 4.78 is 14.9. The molecule has 2 saturated heterocycles. The van der Waals surface area contributed by atoms with E-state index in [4.69, 9.17) is 0 Å². The number of nitrogens with zero attached hydrogens (tertiary/aromatic N) is 1. The Morgan fingerprint density at radius 3 is 2.53 bits per heavy atom. The van der Waals surface area contributed by atoms with Crippen LogP contribution in [0.1, 0.15) is 37.3 Å². The molecule has 2 aromatic rings. The van der Waals surface area contributed by atoms with Gasteiger partial charge in [-0.25, -0.2) is 4.39 Å². The molecule has 0 saturated carbocycles. The van der Waals surface area contributed by atoms with Gasteiger partial charge in [-0.05, 0) is 61.1 Å². The van der Waals surface area contributed by atoms with Gasteiger partial charge in [-0.15, -0.1) is 0 Å². The van der Waals surface area contributed by atoms with Gasteiger partial charge in [0.05, 0.1) is 11.6 Å². The van der Waals surface area contributed by atoms with E-state index < -0.39 is 0 Å². The third-order valence-corrected chi connectivity index (χ3v) is 6.46. The fourth-order valence-corrected chi connectivity index (χ4v) is 4.31. The van der Waals surface area contributed by atoms with Gasteiger partial charge in [-0.1, -0.05) is 19.1 Å². The Kier molecular flexibility index (Phi) is 6.63. The molecule has 2 aliphatic rings. The van der Waals surface area contributed by atoms with Crippen LogP contribution in [0.5, 0.6) is 0 Å². The molecule has 0 radical (unpaired) electrons. The molecule has 32 heavy (non-hydrogen) atoms. The van der Waals surface area contributed by atoms with E-state index >= 15 is 0 Å². The molecule has 7 heteroatoms. The van der Waals surface area contributed by atoms with Gasteiger partial charge >= 0.3 is 0 Å². The molecular formula is C25H31FN4O2. The molecular weight excluding hydrogens is 407 g/mol. The lowest BCUT2D eigenvalue weighted by Crippen LogP contribution is -2.32. The first-order valence-electron chi connectivity index (χ1n) is 11.3. The van der Waals surface area contributed by atoms with E-state index in [1.165, 1.54) is 0 Å². The lowest BCUT2D eigenvalue weighted by Gasteiger charge is -2.32. The third kappa shape index (κ3) is 5.21. The quantitative estimate of drug-likeness (QED) is 0.640. The van der Waals surface area contributed by atoms with Crippen LogP contribution in [0.4, 0.5) is 21.5 Å². The van der Waals surface area contributed by atoms with Gasteiger partial charge in [0.15, 0.2) is 0 Å². The zero-order chi connectivity index (χ0) is 22.7. The Morgan fingerprint density at radius 2 is 1.91 bits per heavy atom. The minimum atomic E-state index is -0.300. The summed E-state index contributed by atoms with van der Waals surface area (Å²) >= 11 is 0. The molecule has 3 N–H and O–H groups in total. The molecule has 2 aromatic carbocycles. The number of aryl methyl sites for hydroxylation is 1. The molecule has 2 heterocycles. The number of piperidine rings is 1. The summed E-state index contributed by atoms with van der Waals surface area (Å²) in [6.45, 7) is 6.92. The van der Waals surface area contributed by atoms with Gasteiger partial charge in [-0.2, -0.15) is 0 Å². The van der Waals surface area contributed by atoms with Crippen molar-refractivity contribution in [3.05, 3.63) is 53.3 Å². The summed E-state index contributed by atoms with van der Waals surface area (Å²) in [5, 5.41) is 8.74. The molecule has 1 atom stereocenters. The van der Waals surface area contributed by atoms with Crippen molar-refractivity contribution in [2.75, 3.05) is 29.9 Å². The average Bonchev–Trinajstić information content (AvgIpc) is 3.22. The van der Waals surface area contributed by atoms with Gasteiger partial charge < -0.3 is 20.9 Å². The zero-order valence-electron chi connectivity index (χ0n) is 18.7. The molecule has 0 bridgehead atoms. The average molecular weight is 439 g/mol. The van der Waals surface area contributed by atoms with Crippen LogP contribution in [0.3, 0.4) is 0 Å². The van der Waals surface area contributed by atoms with Crippen molar-refractivity contribution in [3.63, 3.8) is 0 Å². The molecule has 2 aliphatic heterocycles. The van der Waals surface area contributed by atoms with Gasteiger partial charge in [0.1, 0.15) is 5.82 Å². The predicted molar refractivity (Wildman–Crippen MR) is 124 cm³/mol. The largest absolute Gasteiger partial charge is 0.371 e. The van der Waals surface area contributed by atoms with E-state index in [-0.39, 0.29) is 30.0 Å². The fraction of sp³-hybridized carbons (Fsp3) is 0.440. The first-order chi connectivity index (χ1) is 15.4. The third-order valence-electron chi connectivity index (χ3n) is 6.46. The first-order valence-corrected chi connectivity index (χ1v) is 11.3. The van der Waals surface area contributed by atoms with Crippen LogP contribution < -0.4 is 20.9 Å². The number of amides is 2. The van der Waals surface area contributed by atoms with E-state index in [1.807, 2.05) is 37.3 Å². The molecule has 0 aliphatic carbocycles. The second-order valence-corrected chi connectivity index (χ2v) is 9.03. The highest BCUT2D eigenvalue weighted by Gasteiger charge is 2.27. The Morgan fingerprint density at radius 1 is 1.19 bits per heavy atom. The molecule has 0 aromatic heterocycles. The summed E-state index contributed by atoms with van der Waals surface area (Å²) in [4.78, 5) is 25.7. The maximum atomic E-state index is 14.9. The van der Waals surface area contributed by atoms with E-state index in [2.05, 4.69) is 27.8 Å². The van der Waals surface area contributed by atoms with Crippen molar-refractivity contribution < 1.29 is 14.0 Å². The van der Waals surface area contributed by atoms with Crippen LogP contribution in [-0.4, -0.2) is 31.4 Å².